The fraction of sp³-hybridized carbons (Fsp3) is 0.500. The number of hydrogen-bond acceptors (Lipinski definition) is 1. The Hall–Kier alpha value is -0.210. The zero-order chi connectivity index (χ0) is 10.8. The summed E-state index contributed by atoms with van der Waals surface area (Å²) in [4.78, 5) is 0. The van der Waals surface area contributed by atoms with Gasteiger partial charge in [0, 0.05) is 0 Å². The Morgan fingerprint density at radius 3 is 2.67 bits per heavy atom. The monoisotopic (exact) mass is 288 g/mol. The highest BCUT2D eigenvalue weighted by Crippen LogP contribution is 2.43. The van der Waals surface area contributed by atoms with Crippen LogP contribution < -0.4 is 4.74 Å². The molecular weight excluding hydrogens is 275 g/mol. The molecule has 0 aromatic heterocycles. The van der Waals surface area contributed by atoms with Gasteiger partial charge in [0.25, 0.3) is 0 Å². The summed E-state index contributed by atoms with van der Waals surface area (Å²) in [5, 5.41) is 0.154. The van der Waals surface area contributed by atoms with Crippen LogP contribution in [-0.2, 0) is 0 Å². The number of benzene rings is 1. The smallest absolute Gasteiger partial charge is 0.133 e. The minimum atomic E-state index is 0.154. The zero-order valence-corrected chi connectivity index (χ0v) is 11.0. The van der Waals surface area contributed by atoms with E-state index < -0.39 is 0 Å². The number of halogens is 2. The lowest BCUT2D eigenvalue weighted by Crippen LogP contribution is -2.16. The molecule has 1 aromatic rings. The molecule has 0 N–H and O–H groups in total. The number of alkyl halides is 1. The third kappa shape index (κ3) is 2.31. The Morgan fingerprint density at radius 2 is 2.20 bits per heavy atom. The van der Waals surface area contributed by atoms with E-state index in [0.29, 0.717) is 5.92 Å². The van der Waals surface area contributed by atoms with Crippen molar-refractivity contribution in [1.29, 1.82) is 0 Å². The van der Waals surface area contributed by atoms with Gasteiger partial charge in [-0.2, -0.15) is 0 Å². The summed E-state index contributed by atoms with van der Waals surface area (Å²) in [5.74, 6) is 1.52. The highest BCUT2D eigenvalue weighted by atomic mass is 79.9. The second-order valence-electron chi connectivity index (χ2n) is 3.99. The summed E-state index contributed by atoms with van der Waals surface area (Å²) in [7, 11) is 1.67. The van der Waals surface area contributed by atoms with Crippen LogP contribution in [0.4, 0.5) is 0 Å². The van der Waals surface area contributed by atoms with E-state index in [1.807, 2.05) is 6.07 Å². The van der Waals surface area contributed by atoms with Crippen molar-refractivity contribution in [3.8, 4) is 5.75 Å². The summed E-state index contributed by atoms with van der Waals surface area (Å²) in [6, 6.07) is 6.09. The van der Waals surface area contributed by atoms with Gasteiger partial charge in [0.05, 0.1) is 17.0 Å². The molecule has 1 aliphatic rings. The first kappa shape index (κ1) is 11.3. The van der Waals surface area contributed by atoms with Gasteiger partial charge in [-0.1, -0.05) is 12.5 Å². The highest BCUT2D eigenvalue weighted by molar-refractivity contribution is 9.10. The van der Waals surface area contributed by atoms with E-state index in [0.717, 1.165) is 10.2 Å². The highest BCUT2D eigenvalue weighted by Gasteiger charge is 2.27. The average Bonchev–Trinajstić information content (AvgIpc) is 2.15. The molecule has 1 unspecified atom stereocenters. The van der Waals surface area contributed by atoms with Gasteiger partial charge in [0.1, 0.15) is 5.75 Å². The van der Waals surface area contributed by atoms with Gasteiger partial charge in [-0.15, -0.1) is 11.6 Å². The van der Waals surface area contributed by atoms with Crippen molar-refractivity contribution in [3.63, 3.8) is 0 Å². The molecule has 0 spiro atoms. The fourth-order valence-electron chi connectivity index (χ4n) is 1.86. The largest absolute Gasteiger partial charge is 0.496 e. The molecule has 1 aliphatic carbocycles. The molecule has 0 amide bonds. The van der Waals surface area contributed by atoms with Gasteiger partial charge in [-0.3, -0.25) is 0 Å². The third-order valence-corrected chi connectivity index (χ3v) is 4.29. The maximum atomic E-state index is 6.41. The van der Waals surface area contributed by atoms with Crippen molar-refractivity contribution in [2.24, 2.45) is 5.92 Å². The van der Waals surface area contributed by atoms with Crippen molar-refractivity contribution in [2.45, 2.75) is 24.6 Å². The van der Waals surface area contributed by atoms with E-state index in [1.165, 1.54) is 24.8 Å². The van der Waals surface area contributed by atoms with E-state index in [2.05, 4.69) is 28.1 Å². The summed E-state index contributed by atoms with van der Waals surface area (Å²) >= 11 is 9.89. The lowest BCUT2D eigenvalue weighted by molar-refractivity contribution is 0.305. The molecule has 82 valence electrons. The maximum Gasteiger partial charge on any atom is 0.133 e. The Morgan fingerprint density at radius 1 is 1.47 bits per heavy atom. The summed E-state index contributed by atoms with van der Waals surface area (Å²) in [6.45, 7) is 0. The van der Waals surface area contributed by atoms with Crippen molar-refractivity contribution in [3.05, 3.63) is 28.2 Å². The van der Waals surface area contributed by atoms with Crippen molar-refractivity contribution >= 4 is 27.5 Å². The first-order chi connectivity index (χ1) is 7.22. The SMILES string of the molecule is COc1ccc(C(Cl)C2CCC2)cc1Br. The van der Waals surface area contributed by atoms with Crippen molar-refractivity contribution < 1.29 is 4.74 Å². The van der Waals surface area contributed by atoms with E-state index in [9.17, 15) is 0 Å². The van der Waals surface area contributed by atoms with Gasteiger partial charge in [0.2, 0.25) is 0 Å². The van der Waals surface area contributed by atoms with Crippen molar-refractivity contribution in [1.82, 2.24) is 0 Å². The van der Waals surface area contributed by atoms with Crippen molar-refractivity contribution in [2.75, 3.05) is 7.11 Å². The number of hydrogen-bond donors (Lipinski definition) is 0. The molecule has 1 atom stereocenters. The van der Waals surface area contributed by atoms with E-state index >= 15 is 0 Å². The normalized spacial score (nSPS) is 18.3. The summed E-state index contributed by atoms with van der Waals surface area (Å²) in [6.07, 6.45) is 3.85. The quantitative estimate of drug-likeness (QED) is 0.742. The minimum Gasteiger partial charge on any atom is -0.496 e. The first-order valence-electron chi connectivity index (χ1n) is 5.20. The second kappa shape index (κ2) is 4.75. The van der Waals surface area contributed by atoms with Crippen LogP contribution in [0.25, 0.3) is 0 Å². The molecule has 1 aromatic carbocycles. The minimum absolute atomic E-state index is 0.154. The number of rotatable bonds is 3. The van der Waals surface area contributed by atoms with Crippen LogP contribution in [0.15, 0.2) is 22.7 Å². The zero-order valence-electron chi connectivity index (χ0n) is 8.67. The molecule has 1 saturated carbocycles. The Labute approximate surface area is 104 Å². The van der Waals surface area contributed by atoms with Crippen LogP contribution in [0.3, 0.4) is 0 Å². The molecule has 0 bridgehead atoms. The van der Waals surface area contributed by atoms with E-state index in [-0.39, 0.29) is 5.38 Å². The van der Waals surface area contributed by atoms with Gasteiger partial charge in [-0.25, -0.2) is 0 Å². The number of ether oxygens (including phenoxy) is 1. The predicted octanol–water partition coefficient (Wildman–Crippen LogP) is 4.54. The topological polar surface area (TPSA) is 9.23 Å². The Balaban J connectivity index is 2.17. The summed E-state index contributed by atoms with van der Waals surface area (Å²) in [5.41, 5.74) is 1.19. The standard InChI is InChI=1S/C12H14BrClO/c1-15-11-6-5-9(7-10(11)13)12(14)8-3-2-4-8/h5-8,12H,2-4H2,1H3. The molecule has 0 radical (unpaired) electrons. The maximum absolute atomic E-state index is 6.41. The van der Waals surface area contributed by atoms with Gasteiger partial charge < -0.3 is 4.74 Å². The lowest BCUT2D eigenvalue weighted by Gasteiger charge is -2.30. The molecule has 1 fully saturated rings. The van der Waals surface area contributed by atoms with Gasteiger partial charge in [-0.05, 0) is 52.4 Å². The molecular formula is C12H14BrClO. The second-order valence-corrected chi connectivity index (χ2v) is 5.31. The molecule has 2 rings (SSSR count). The van der Waals surface area contributed by atoms with Crippen LogP contribution in [0.1, 0.15) is 30.2 Å². The Bertz CT molecular complexity index is 349. The molecule has 0 saturated heterocycles. The van der Waals surface area contributed by atoms with Crippen LogP contribution in [-0.4, -0.2) is 7.11 Å². The third-order valence-electron chi connectivity index (χ3n) is 3.06. The van der Waals surface area contributed by atoms with Gasteiger partial charge in [0.15, 0.2) is 0 Å². The average molecular weight is 290 g/mol. The first-order valence-corrected chi connectivity index (χ1v) is 6.43. The van der Waals surface area contributed by atoms with Crippen LogP contribution in [0, 0.1) is 5.92 Å². The molecule has 3 heteroatoms. The molecule has 15 heavy (non-hydrogen) atoms. The molecule has 0 heterocycles. The van der Waals surface area contributed by atoms with Crippen LogP contribution in [0.2, 0.25) is 0 Å². The predicted molar refractivity (Wildman–Crippen MR) is 66.6 cm³/mol. The Kier molecular flexibility index (Phi) is 3.57. The number of methoxy groups -OCH3 is 1. The van der Waals surface area contributed by atoms with E-state index in [1.54, 1.807) is 7.11 Å². The van der Waals surface area contributed by atoms with Crippen LogP contribution in [0.5, 0.6) is 5.75 Å². The molecule has 1 nitrogen and oxygen atoms in total. The lowest BCUT2D eigenvalue weighted by atomic mass is 9.80. The van der Waals surface area contributed by atoms with Crippen LogP contribution >= 0.6 is 27.5 Å². The van der Waals surface area contributed by atoms with E-state index in [4.69, 9.17) is 16.3 Å². The fourth-order valence-corrected chi connectivity index (χ4v) is 2.80. The molecule has 0 aliphatic heterocycles. The summed E-state index contributed by atoms with van der Waals surface area (Å²) < 4.78 is 6.17. The van der Waals surface area contributed by atoms with Gasteiger partial charge >= 0.3 is 0 Å².